The molecule has 0 saturated carbocycles. The summed E-state index contributed by atoms with van der Waals surface area (Å²) >= 11 is 0. The minimum absolute atomic E-state index is 0.0291. The van der Waals surface area contributed by atoms with E-state index >= 15 is 0 Å². The fourth-order valence-electron chi connectivity index (χ4n) is 3.75. The normalized spacial score (nSPS) is 17.2. The number of esters is 1. The van der Waals surface area contributed by atoms with E-state index in [-0.39, 0.29) is 29.9 Å². The van der Waals surface area contributed by atoms with Gasteiger partial charge < -0.3 is 9.64 Å². The lowest BCUT2D eigenvalue weighted by atomic mass is 10.00. The van der Waals surface area contributed by atoms with Crippen LogP contribution in [0.25, 0.3) is 0 Å². The predicted molar refractivity (Wildman–Crippen MR) is 118 cm³/mol. The molecule has 0 spiro atoms. The number of anilines is 1. The molecule has 1 aliphatic heterocycles. The van der Waals surface area contributed by atoms with Gasteiger partial charge in [0, 0.05) is 24.8 Å². The van der Waals surface area contributed by atoms with E-state index in [2.05, 4.69) is 0 Å². The number of hydrogen-bond acceptors (Lipinski definition) is 5. The molecule has 2 aromatic carbocycles. The van der Waals surface area contributed by atoms with Gasteiger partial charge in [0.2, 0.25) is 10.0 Å². The summed E-state index contributed by atoms with van der Waals surface area (Å²) in [6.45, 7) is 3.53. The van der Waals surface area contributed by atoms with E-state index < -0.39 is 34.3 Å². The van der Waals surface area contributed by atoms with Crippen molar-refractivity contribution in [3.8, 4) is 0 Å². The molecule has 0 N–H and O–H groups in total. The third-order valence-electron chi connectivity index (χ3n) is 5.33. The topological polar surface area (TPSA) is 84.0 Å². The van der Waals surface area contributed by atoms with E-state index in [0.29, 0.717) is 18.5 Å². The third-order valence-corrected chi connectivity index (χ3v) is 7.21. The van der Waals surface area contributed by atoms with Crippen LogP contribution >= 0.6 is 0 Å². The molecule has 0 aromatic heterocycles. The molecule has 1 aliphatic rings. The number of carbonyl (C=O) groups excluding carboxylic acids is 2. The first-order valence-electron chi connectivity index (χ1n) is 10.5. The number of sulfonamides is 1. The van der Waals surface area contributed by atoms with Crippen LogP contribution in [0.15, 0.2) is 59.5 Å². The fraction of sp³-hybridized carbons (Fsp3) is 0.391. The molecular formula is C23H27FN2O5S. The van der Waals surface area contributed by atoms with Crippen LogP contribution in [0.2, 0.25) is 0 Å². The molecule has 3 rings (SSSR count). The Morgan fingerprint density at radius 2 is 1.78 bits per heavy atom. The highest BCUT2D eigenvalue weighted by Crippen LogP contribution is 2.25. The fourth-order valence-corrected chi connectivity index (χ4v) is 5.27. The van der Waals surface area contributed by atoms with Gasteiger partial charge in [0.15, 0.2) is 6.61 Å². The molecule has 172 valence electrons. The molecule has 0 radical (unpaired) electrons. The lowest BCUT2D eigenvalue weighted by Crippen LogP contribution is -2.44. The Balaban J connectivity index is 1.62. The summed E-state index contributed by atoms with van der Waals surface area (Å²) < 4.78 is 45.3. The first-order valence-corrected chi connectivity index (χ1v) is 11.9. The van der Waals surface area contributed by atoms with Gasteiger partial charge in [-0.25, -0.2) is 12.8 Å². The molecular weight excluding hydrogens is 435 g/mol. The summed E-state index contributed by atoms with van der Waals surface area (Å²) in [5, 5.41) is 0. The molecule has 2 aromatic rings. The highest BCUT2D eigenvalue weighted by molar-refractivity contribution is 7.89. The quantitative estimate of drug-likeness (QED) is 0.590. The van der Waals surface area contributed by atoms with Gasteiger partial charge in [-0.3, -0.25) is 9.59 Å². The van der Waals surface area contributed by atoms with E-state index in [1.165, 1.54) is 16.4 Å². The lowest BCUT2D eigenvalue weighted by Gasteiger charge is -2.31. The van der Waals surface area contributed by atoms with Crippen LogP contribution in [0.1, 0.15) is 26.7 Å². The van der Waals surface area contributed by atoms with E-state index in [4.69, 9.17) is 4.74 Å². The number of halogens is 1. The summed E-state index contributed by atoms with van der Waals surface area (Å²) in [4.78, 5) is 26.9. The Labute approximate surface area is 187 Å². The molecule has 1 saturated heterocycles. The second-order valence-corrected chi connectivity index (χ2v) is 9.89. The van der Waals surface area contributed by atoms with Gasteiger partial charge >= 0.3 is 5.97 Å². The van der Waals surface area contributed by atoms with E-state index in [9.17, 15) is 22.4 Å². The minimum atomic E-state index is -3.85. The van der Waals surface area contributed by atoms with Crippen LogP contribution in [-0.2, 0) is 24.3 Å². The number of para-hydroxylation sites is 1. The van der Waals surface area contributed by atoms with Crippen molar-refractivity contribution in [2.75, 3.05) is 24.6 Å². The van der Waals surface area contributed by atoms with Crippen molar-refractivity contribution in [2.24, 2.45) is 5.92 Å². The molecule has 1 amide bonds. The van der Waals surface area contributed by atoms with Crippen LogP contribution in [0.5, 0.6) is 0 Å². The van der Waals surface area contributed by atoms with Gasteiger partial charge in [-0.1, -0.05) is 18.2 Å². The third kappa shape index (κ3) is 5.52. The maximum Gasteiger partial charge on any atom is 0.310 e. The number of piperidine rings is 1. The van der Waals surface area contributed by atoms with Crippen molar-refractivity contribution in [3.63, 3.8) is 0 Å². The average Bonchev–Trinajstić information content (AvgIpc) is 2.78. The summed E-state index contributed by atoms with van der Waals surface area (Å²) in [5.41, 5.74) is 0.706. The Morgan fingerprint density at radius 1 is 1.12 bits per heavy atom. The molecule has 1 unspecified atom stereocenters. The zero-order valence-corrected chi connectivity index (χ0v) is 18.9. The predicted octanol–water partition coefficient (Wildman–Crippen LogP) is 3.21. The molecule has 9 heteroatoms. The summed E-state index contributed by atoms with van der Waals surface area (Å²) in [5.74, 6) is -2.16. The lowest BCUT2D eigenvalue weighted by molar-refractivity contribution is -0.153. The largest absolute Gasteiger partial charge is 0.455 e. The second kappa shape index (κ2) is 10.2. The number of amides is 1. The number of benzene rings is 2. The van der Waals surface area contributed by atoms with Crippen LogP contribution in [0.4, 0.5) is 10.1 Å². The highest BCUT2D eigenvalue weighted by atomic mass is 32.2. The first kappa shape index (κ1) is 23.9. The smallest absolute Gasteiger partial charge is 0.310 e. The van der Waals surface area contributed by atoms with Gasteiger partial charge in [-0.2, -0.15) is 4.31 Å². The maximum atomic E-state index is 13.1. The van der Waals surface area contributed by atoms with Gasteiger partial charge in [0.1, 0.15) is 5.82 Å². The van der Waals surface area contributed by atoms with Gasteiger partial charge in [-0.05, 0) is 63.1 Å². The summed E-state index contributed by atoms with van der Waals surface area (Å²) in [6.07, 6.45) is 0.950. The molecule has 1 heterocycles. The highest BCUT2D eigenvalue weighted by Gasteiger charge is 2.34. The second-order valence-electron chi connectivity index (χ2n) is 7.96. The van der Waals surface area contributed by atoms with E-state index in [0.717, 1.165) is 12.1 Å². The van der Waals surface area contributed by atoms with Crippen molar-refractivity contribution in [3.05, 3.63) is 60.4 Å². The van der Waals surface area contributed by atoms with Crippen LogP contribution in [-0.4, -0.2) is 50.3 Å². The van der Waals surface area contributed by atoms with Gasteiger partial charge in [0.25, 0.3) is 5.91 Å². The number of carbonyl (C=O) groups is 2. The van der Waals surface area contributed by atoms with Crippen molar-refractivity contribution in [1.29, 1.82) is 0 Å². The Kier molecular flexibility index (Phi) is 7.63. The SMILES string of the molecule is CC(C)N(C(=O)COC(=O)C1CCCN(S(=O)(=O)c2ccc(F)cc2)C1)c1ccccc1. The molecule has 0 bridgehead atoms. The number of ether oxygens (including phenoxy) is 1. The Bertz CT molecular complexity index is 1040. The van der Waals surface area contributed by atoms with Gasteiger partial charge in [-0.15, -0.1) is 0 Å². The monoisotopic (exact) mass is 462 g/mol. The van der Waals surface area contributed by atoms with Crippen molar-refractivity contribution in [2.45, 2.75) is 37.6 Å². The van der Waals surface area contributed by atoms with Crippen LogP contribution in [0.3, 0.4) is 0 Å². The summed E-state index contributed by atoms with van der Waals surface area (Å²) in [6, 6.07) is 13.5. The molecule has 32 heavy (non-hydrogen) atoms. The zero-order chi connectivity index (χ0) is 23.3. The average molecular weight is 463 g/mol. The molecule has 0 aliphatic carbocycles. The number of hydrogen-bond donors (Lipinski definition) is 0. The summed E-state index contributed by atoms with van der Waals surface area (Å²) in [7, 11) is -3.85. The molecule has 1 fully saturated rings. The number of nitrogens with zero attached hydrogens (tertiary/aromatic N) is 2. The Hall–Kier alpha value is -2.78. The standard InChI is InChI=1S/C23H27FN2O5S/c1-17(2)26(20-8-4-3-5-9-20)22(27)16-31-23(28)18-7-6-14-25(15-18)32(29,30)21-12-10-19(24)11-13-21/h3-5,8-13,17-18H,6-7,14-16H2,1-2H3. The zero-order valence-electron chi connectivity index (χ0n) is 18.1. The Morgan fingerprint density at radius 3 is 2.41 bits per heavy atom. The molecule has 1 atom stereocenters. The van der Waals surface area contributed by atoms with Crippen molar-refractivity contribution < 1.29 is 27.1 Å². The van der Waals surface area contributed by atoms with E-state index in [1.807, 2.05) is 32.0 Å². The first-order chi connectivity index (χ1) is 15.2. The van der Waals surface area contributed by atoms with Crippen molar-refractivity contribution in [1.82, 2.24) is 4.31 Å². The van der Waals surface area contributed by atoms with Crippen LogP contribution < -0.4 is 4.90 Å². The van der Waals surface area contributed by atoms with E-state index in [1.54, 1.807) is 17.0 Å². The van der Waals surface area contributed by atoms with Gasteiger partial charge in [0.05, 0.1) is 10.8 Å². The van der Waals surface area contributed by atoms with Crippen molar-refractivity contribution >= 4 is 27.6 Å². The maximum absolute atomic E-state index is 13.1. The van der Waals surface area contributed by atoms with Crippen LogP contribution in [0, 0.1) is 11.7 Å². The molecule has 7 nitrogen and oxygen atoms in total. The minimum Gasteiger partial charge on any atom is -0.455 e. The number of rotatable bonds is 7.